The maximum Gasteiger partial charge on any atom is 0.193 e. The normalized spacial score (nSPS) is 23.8. The number of nitrogens with zero attached hydrogens (tertiary/aromatic N) is 2. The predicted octanol–water partition coefficient (Wildman–Crippen LogP) is 2.49. The van der Waals surface area contributed by atoms with Crippen molar-refractivity contribution in [3.8, 4) is 0 Å². The third-order valence-electron chi connectivity index (χ3n) is 4.77. The zero-order chi connectivity index (χ0) is 16.1. The average Bonchev–Trinajstić information content (AvgIpc) is 3.24. The smallest absolute Gasteiger partial charge is 0.193 e. The van der Waals surface area contributed by atoms with Gasteiger partial charge in [-0.05, 0) is 31.9 Å². The van der Waals surface area contributed by atoms with Gasteiger partial charge in [0.2, 0.25) is 0 Å². The first-order valence-electron chi connectivity index (χ1n) is 8.47. The summed E-state index contributed by atoms with van der Waals surface area (Å²) in [6.45, 7) is 6.21. The van der Waals surface area contributed by atoms with Gasteiger partial charge in [0.25, 0.3) is 0 Å². The van der Waals surface area contributed by atoms with Crippen molar-refractivity contribution in [2.75, 3.05) is 39.9 Å². The van der Waals surface area contributed by atoms with E-state index in [1.165, 1.54) is 0 Å². The fourth-order valence-electron chi connectivity index (χ4n) is 3.45. The van der Waals surface area contributed by atoms with Crippen LogP contribution in [0.5, 0.6) is 0 Å². The Kier molecular flexibility index (Phi) is 7.36. The van der Waals surface area contributed by atoms with Crippen LogP contribution in [0.15, 0.2) is 27.8 Å². The number of hydrogen-bond acceptors (Lipinski definition) is 4. The zero-order valence-electron chi connectivity index (χ0n) is 14.5. The van der Waals surface area contributed by atoms with Crippen LogP contribution in [0.25, 0.3) is 0 Å². The molecule has 0 amide bonds. The van der Waals surface area contributed by atoms with Crippen LogP contribution in [0.1, 0.15) is 25.5 Å². The minimum Gasteiger partial charge on any atom is -0.469 e. The van der Waals surface area contributed by atoms with Crippen molar-refractivity contribution in [2.24, 2.45) is 10.9 Å². The molecule has 1 aromatic heterocycles. The number of likely N-dealkylation sites (tertiary alicyclic amines) is 1. The van der Waals surface area contributed by atoms with Crippen LogP contribution < -0.4 is 5.32 Å². The first-order chi connectivity index (χ1) is 11.2. The number of piperidine rings is 1. The van der Waals surface area contributed by atoms with Crippen LogP contribution in [-0.2, 0) is 15.9 Å². The molecular formula is C17H28IN3O3. The summed E-state index contributed by atoms with van der Waals surface area (Å²) in [7, 11) is 1.84. The lowest BCUT2D eigenvalue weighted by Crippen LogP contribution is -2.52. The number of hydrogen-bond donors (Lipinski definition) is 1. The molecule has 3 rings (SSSR count). The molecule has 2 fully saturated rings. The van der Waals surface area contributed by atoms with E-state index in [9.17, 15) is 0 Å². The number of rotatable bonds is 4. The summed E-state index contributed by atoms with van der Waals surface area (Å²) < 4.78 is 17.1. The van der Waals surface area contributed by atoms with E-state index in [1.807, 2.05) is 19.2 Å². The molecule has 24 heavy (non-hydrogen) atoms. The Labute approximate surface area is 161 Å². The average molecular weight is 449 g/mol. The number of furan rings is 1. The molecule has 2 aliphatic rings. The molecule has 2 saturated heterocycles. The van der Waals surface area contributed by atoms with Crippen molar-refractivity contribution >= 4 is 29.9 Å². The minimum atomic E-state index is -0.439. The zero-order valence-corrected chi connectivity index (χ0v) is 16.8. The fraction of sp³-hybridized carbons (Fsp3) is 0.706. The minimum absolute atomic E-state index is 0. The van der Waals surface area contributed by atoms with Gasteiger partial charge in [0.15, 0.2) is 11.7 Å². The van der Waals surface area contributed by atoms with Crippen molar-refractivity contribution in [2.45, 2.75) is 32.0 Å². The summed E-state index contributed by atoms with van der Waals surface area (Å²) >= 11 is 0. The lowest BCUT2D eigenvalue weighted by molar-refractivity contribution is -0.189. The molecule has 3 heterocycles. The number of nitrogens with one attached hydrogen (secondary N) is 1. The molecular weight excluding hydrogens is 421 g/mol. The van der Waals surface area contributed by atoms with Crippen molar-refractivity contribution in [3.63, 3.8) is 0 Å². The highest BCUT2D eigenvalue weighted by Gasteiger charge is 2.42. The second-order valence-electron chi connectivity index (χ2n) is 6.30. The molecule has 1 unspecified atom stereocenters. The molecule has 1 aromatic rings. The quantitative estimate of drug-likeness (QED) is 0.435. The van der Waals surface area contributed by atoms with Crippen molar-refractivity contribution in [3.05, 3.63) is 24.2 Å². The van der Waals surface area contributed by atoms with Crippen molar-refractivity contribution < 1.29 is 13.9 Å². The highest BCUT2D eigenvalue weighted by atomic mass is 127. The van der Waals surface area contributed by atoms with Gasteiger partial charge in [-0.15, -0.1) is 24.0 Å². The summed E-state index contributed by atoms with van der Waals surface area (Å²) in [5.41, 5.74) is 0. The molecule has 7 heteroatoms. The van der Waals surface area contributed by atoms with E-state index in [1.54, 1.807) is 6.26 Å². The molecule has 0 radical (unpaired) electrons. The van der Waals surface area contributed by atoms with Gasteiger partial charge in [-0.2, -0.15) is 0 Å². The highest BCUT2D eigenvalue weighted by Crippen LogP contribution is 2.34. The molecule has 136 valence electrons. The summed E-state index contributed by atoms with van der Waals surface area (Å²) in [6.07, 6.45) is 4.83. The Morgan fingerprint density at radius 3 is 2.88 bits per heavy atom. The van der Waals surface area contributed by atoms with Crippen LogP contribution in [-0.4, -0.2) is 56.5 Å². The SMILES string of the molecule is CN=C(NCCc1ccco1)N1CCCC(C2(C)OCCO2)C1.I. The summed E-state index contributed by atoms with van der Waals surface area (Å²) in [4.78, 5) is 6.75. The Bertz CT molecular complexity index is 515. The lowest BCUT2D eigenvalue weighted by atomic mass is 9.90. The van der Waals surface area contributed by atoms with Gasteiger partial charge in [0, 0.05) is 39.0 Å². The fourth-order valence-corrected chi connectivity index (χ4v) is 3.45. The van der Waals surface area contributed by atoms with Crippen LogP contribution in [0.4, 0.5) is 0 Å². The largest absolute Gasteiger partial charge is 0.469 e. The molecule has 0 aliphatic carbocycles. The maximum atomic E-state index is 5.85. The third-order valence-corrected chi connectivity index (χ3v) is 4.77. The van der Waals surface area contributed by atoms with Gasteiger partial charge in [0.05, 0.1) is 19.5 Å². The summed E-state index contributed by atoms with van der Waals surface area (Å²) in [5, 5.41) is 3.44. The second-order valence-corrected chi connectivity index (χ2v) is 6.30. The molecule has 2 aliphatic heterocycles. The molecule has 0 saturated carbocycles. The molecule has 1 N–H and O–H groups in total. The van der Waals surface area contributed by atoms with E-state index in [4.69, 9.17) is 13.9 Å². The van der Waals surface area contributed by atoms with E-state index < -0.39 is 5.79 Å². The highest BCUT2D eigenvalue weighted by molar-refractivity contribution is 14.0. The Hall–Kier alpha value is -0.800. The molecule has 0 spiro atoms. The standard InChI is InChI=1S/C17H27N3O3.HI/c1-17(22-11-12-23-17)14-5-3-9-20(13-14)16(18-2)19-8-7-15-6-4-10-21-15;/h4,6,10,14H,3,5,7-9,11-13H2,1-2H3,(H,18,19);1H. The van der Waals surface area contributed by atoms with Crippen molar-refractivity contribution in [1.82, 2.24) is 10.2 Å². The van der Waals surface area contributed by atoms with E-state index in [0.717, 1.165) is 50.6 Å². The third kappa shape index (κ3) is 4.64. The molecule has 1 atom stereocenters. The van der Waals surface area contributed by atoms with Gasteiger partial charge >= 0.3 is 0 Å². The number of halogens is 1. The Morgan fingerprint density at radius 2 is 2.21 bits per heavy atom. The number of guanidine groups is 1. The van der Waals surface area contributed by atoms with E-state index in [0.29, 0.717) is 19.1 Å². The molecule has 0 bridgehead atoms. The van der Waals surface area contributed by atoms with Gasteiger partial charge in [-0.1, -0.05) is 0 Å². The van der Waals surface area contributed by atoms with Gasteiger partial charge in [-0.3, -0.25) is 4.99 Å². The number of aliphatic imine (C=N–C) groups is 1. The first-order valence-corrected chi connectivity index (χ1v) is 8.47. The van der Waals surface area contributed by atoms with Crippen LogP contribution in [0, 0.1) is 5.92 Å². The predicted molar refractivity (Wildman–Crippen MR) is 104 cm³/mol. The van der Waals surface area contributed by atoms with Gasteiger partial charge in [-0.25, -0.2) is 0 Å². The summed E-state index contributed by atoms with van der Waals surface area (Å²) in [5.74, 6) is 1.88. The lowest BCUT2D eigenvalue weighted by Gasteiger charge is -2.41. The monoisotopic (exact) mass is 449 g/mol. The van der Waals surface area contributed by atoms with E-state index in [-0.39, 0.29) is 24.0 Å². The van der Waals surface area contributed by atoms with Crippen LogP contribution in [0.2, 0.25) is 0 Å². The Balaban J connectivity index is 0.00000208. The van der Waals surface area contributed by atoms with E-state index >= 15 is 0 Å². The van der Waals surface area contributed by atoms with Gasteiger partial charge in [0.1, 0.15) is 5.76 Å². The van der Waals surface area contributed by atoms with Crippen LogP contribution >= 0.6 is 24.0 Å². The number of ether oxygens (including phenoxy) is 2. The van der Waals surface area contributed by atoms with E-state index in [2.05, 4.69) is 22.1 Å². The second kappa shape index (κ2) is 9.05. The van der Waals surface area contributed by atoms with Crippen LogP contribution in [0.3, 0.4) is 0 Å². The molecule has 0 aromatic carbocycles. The first kappa shape index (κ1) is 19.5. The van der Waals surface area contributed by atoms with Crippen molar-refractivity contribution in [1.29, 1.82) is 0 Å². The topological polar surface area (TPSA) is 59.2 Å². The van der Waals surface area contributed by atoms with Gasteiger partial charge < -0.3 is 24.1 Å². The Morgan fingerprint density at radius 1 is 1.42 bits per heavy atom. The maximum absolute atomic E-state index is 5.85. The summed E-state index contributed by atoms with van der Waals surface area (Å²) in [6, 6.07) is 3.92. The molecule has 6 nitrogen and oxygen atoms in total.